The zero-order chi connectivity index (χ0) is 29.2. The number of esters is 1. The van der Waals surface area contributed by atoms with Crippen LogP contribution >= 0.6 is 0 Å². The van der Waals surface area contributed by atoms with E-state index in [0.717, 1.165) is 39.6 Å². The van der Waals surface area contributed by atoms with Gasteiger partial charge in [0.15, 0.2) is 6.10 Å². The van der Waals surface area contributed by atoms with Gasteiger partial charge in [-0.2, -0.15) is 0 Å². The Morgan fingerprint density at radius 1 is 1.22 bits per heavy atom. The molecule has 1 amide bonds. The van der Waals surface area contributed by atoms with Crippen molar-refractivity contribution in [1.29, 1.82) is 0 Å². The fourth-order valence-corrected chi connectivity index (χ4v) is 6.16. The number of benzene rings is 1. The van der Waals surface area contributed by atoms with Crippen LogP contribution in [0.3, 0.4) is 0 Å². The minimum Gasteiger partial charge on any atom is -0.458 e. The number of carbonyl (C=O) groups is 2. The molecule has 1 aromatic carbocycles. The first kappa shape index (κ1) is 26.9. The molecular formula is C29H32N6O6. The number of hydrogen-bond acceptors (Lipinski definition) is 10. The van der Waals surface area contributed by atoms with Crippen molar-refractivity contribution < 1.29 is 24.5 Å². The van der Waals surface area contributed by atoms with Crippen LogP contribution in [0.1, 0.15) is 52.3 Å². The number of fused-ring (bicyclic) bond motifs is 5. The van der Waals surface area contributed by atoms with Gasteiger partial charge in [0.1, 0.15) is 13.2 Å². The average Bonchev–Trinajstić information content (AvgIpc) is 3.57. The van der Waals surface area contributed by atoms with Gasteiger partial charge in [0.05, 0.1) is 41.6 Å². The highest BCUT2D eigenvalue weighted by Crippen LogP contribution is 2.38. The molecule has 3 aliphatic rings. The Morgan fingerprint density at radius 2 is 1.98 bits per heavy atom. The number of carbonyl (C=O) groups excluding carboxylic acids is 2. The molecule has 2 unspecified atom stereocenters. The van der Waals surface area contributed by atoms with Gasteiger partial charge in [-0.25, -0.2) is 15.6 Å². The van der Waals surface area contributed by atoms with Gasteiger partial charge in [-0.15, -0.1) is 0 Å². The number of aliphatic hydroxyl groups is 2. The minimum absolute atomic E-state index is 0.195. The van der Waals surface area contributed by atoms with Crippen LogP contribution in [0.15, 0.2) is 34.9 Å². The molecular weight excluding hydrogens is 528 g/mol. The van der Waals surface area contributed by atoms with E-state index in [4.69, 9.17) is 21.3 Å². The molecule has 3 aromatic rings. The number of aryl methyl sites for hydroxylation is 2. The molecule has 0 bridgehead atoms. The van der Waals surface area contributed by atoms with Crippen LogP contribution in [-0.4, -0.2) is 60.7 Å². The van der Waals surface area contributed by atoms with Crippen molar-refractivity contribution in [2.75, 3.05) is 13.2 Å². The first-order valence-corrected chi connectivity index (χ1v) is 13.5. The van der Waals surface area contributed by atoms with Crippen LogP contribution < -0.4 is 17.1 Å². The van der Waals surface area contributed by atoms with E-state index in [-0.39, 0.29) is 48.3 Å². The lowest BCUT2D eigenvalue weighted by Gasteiger charge is -2.26. The maximum Gasteiger partial charge on any atom is 0.340 e. The van der Waals surface area contributed by atoms with Gasteiger partial charge in [-0.05, 0) is 61.6 Å². The first-order valence-electron chi connectivity index (χ1n) is 13.5. The van der Waals surface area contributed by atoms with Gasteiger partial charge in [0, 0.05) is 35.0 Å². The number of amides is 1. The molecule has 12 heteroatoms. The highest BCUT2D eigenvalue weighted by molar-refractivity contribution is 5.89. The van der Waals surface area contributed by atoms with Crippen LogP contribution in [-0.2, 0) is 34.0 Å². The number of aliphatic hydroxyl groups excluding tert-OH is 2. The SMILES string of the molecule is Cc1cc2nc3c(c(CN(N)/C=C(\N)C4CCCN4C(=O)CO)c2cc1C)Cn1c-3cc2c(c1=O)COC(=O)C2O. The summed E-state index contributed by atoms with van der Waals surface area (Å²) in [5.74, 6) is 5.33. The minimum atomic E-state index is -1.54. The van der Waals surface area contributed by atoms with Gasteiger partial charge in [-0.3, -0.25) is 9.59 Å². The molecule has 3 aliphatic heterocycles. The van der Waals surface area contributed by atoms with Crippen LogP contribution in [0.5, 0.6) is 0 Å². The fraction of sp³-hybridized carbons (Fsp3) is 0.379. The van der Waals surface area contributed by atoms with Crippen LogP contribution in [0.2, 0.25) is 0 Å². The molecule has 0 aliphatic carbocycles. The molecule has 12 nitrogen and oxygen atoms in total. The van der Waals surface area contributed by atoms with Crippen molar-refractivity contribution in [3.63, 3.8) is 0 Å². The summed E-state index contributed by atoms with van der Waals surface area (Å²) in [6, 6.07) is 5.35. The van der Waals surface area contributed by atoms with Crippen LogP contribution in [0, 0.1) is 13.8 Å². The first-order chi connectivity index (χ1) is 19.6. The van der Waals surface area contributed by atoms with Crippen molar-refractivity contribution >= 4 is 22.8 Å². The Kier molecular flexibility index (Phi) is 6.56. The predicted molar refractivity (Wildman–Crippen MR) is 149 cm³/mol. The molecule has 6 N–H and O–H groups in total. The van der Waals surface area contributed by atoms with E-state index in [9.17, 15) is 24.6 Å². The van der Waals surface area contributed by atoms with E-state index in [1.165, 1.54) is 5.01 Å². The van der Waals surface area contributed by atoms with Crippen molar-refractivity contribution in [2.45, 2.75) is 58.5 Å². The highest BCUT2D eigenvalue weighted by atomic mass is 16.5. The quantitative estimate of drug-likeness (QED) is 0.153. The maximum atomic E-state index is 13.5. The van der Waals surface area contributed by atoms with Crippen LogP contribution in [0.25, 0.3) is 22.3 Å². The van der Waals surface area contributed by atoms with Crippen molar-refractivity contribution in [3.05, 3.63) is 73.8 Å². The number of cyclic esters (lactones) is 1. The Morgan fingerprint density at radius 3 is 2.73 bits per heavy atom. The lowest BCUT2D eigenvalue weighted by atomic mass is 9.96. The number of pyridine rings is 2. The molecule has 0 radical (unpaired) electrons. The van der Waals surface area contributed by atoms with E-state index in [2.05, 4.69) is 6.07 Å². The average molecular weight is 561 g/mol. The number of nitrogens with two attached hydrogens (primary N) is 2. The third-order valence-corrected chi connectivity index (χ3v) is 8.44. The Labute approximate surface area is 235 Å². The normalized spacial score (nSPS) is 19.7. The van der Waals surface area contributed by atoms with E-state index < -0.39 is 18.7 Å². The molecule has 0 saturated carbocycles. The summed E-state index contributed by atoms with van der Waals surface area (Å²) >= 11 is 0. The number of aromatic nitrogens is 2. The molecule has 5 heterocycles. The number of nitrogens with zero attached hydrogens (tertiary/aromatic N) is 4. The fourth-order valence-electron chi connectivity index (χ4n) is 6.16. The van der Waals surface area contributed by atoms with Crippen LogP contribution in [0.4, 0.5) is 0 Å². The number of ether oxygens (including phenoxy) is 1. The lowest BCUT2D eigenvalue weighted by Crippen LogP contribution is -2.41. The molecule has 6 rings (SSSR count). The smallest absolute Gasteiger partial charge is 0.340 e. The Balaban J connectivity index is 1.45. The standard InChI is InChI=1S/C29H32N6O6/c1-14-6-16-18(9-33(31)11-21(30)23-4-3-5-34(23)25(37)12-36)19-10-35-24(26(19)32-22(16)7-15(14)2)8-17-20(28(35)39)13-41-29(40)27(17)38/h6-8,11,23,27,36,38H,3-5,9-10,12-13,30-31H2,1-2H3/b21-11-. The van der Waals surface area contributed by atoms with E-state index in [1.54, 1.807) is 21.7 Å². The third-order valence-electron chi connectivity index (χ3n) is 8.44. The summed E-state index contributed by atoms with van der Waals surface area (Å²) in [4.78, 5) is 44.2. The van der Waals surface area contributed by atoms with Gasteiger partial charge in [0.2, 0.25) is 5.91 Å². The largest absolute Gasteiger partial charge is 0.458 e. The van der Waals surface area contributed by atoms with Gasteiger partial charge in [0.25, 0.3) is 5.56 Å². The van der Waals surface area contributed by atoms with Gasteiger partial charge < -0.3 is 35.2 Å². The summed E-state index contributed by atoms with van der Waals surface area (Å²) < 4.78 is 6.60. The van der Waals surface area contributed by atoms with Crippen molar-refractivity contribution in [1.82, 2.24) is 19.5 Å². The summed E-state index contributed by atoms with van der Waals surface area (Å²) in [7, 11) is 0. The molecule has 1 saturated heterocycles. The highest BCUT2D eigenvalue weighted by Gasteiger charge is 2.35. The van der Waals surface area contributed by atoms with E-state index >= 15 is 0 Å². The lowest BCUT2D eigenvalue weighted by molar-refractivity contribution is -0.157. The number of likely N-dealkylation sites (tertiary alicyclic amines) is 1. The molecule has 2 aromatic heterocycles. The molecule has 0 spiro atoms. The van der Waals surface area contributed by atoms with E-state index in [0.29, 0.717) is 30.1 Å². The van der Waals surface area contributed by atoms with Gasteiger partial charge in [-0.1, -0.05) is 0 Å². The number of rotatable bonds is 5. The number of hydrazine groups is 1. The second-order valence-electron chi connectivity index (χ2n) is 10.9. The van der Waals surface area contributed by atoms with Crippen molar-refractivity contribution in [3.8, 4) is 11.4 Å². The third kappa shape index (κ3) is 4.35. The van der Waals surface area contributed by atoms with Crippen molar-refractivity contribution in [2.24, 2.45) is 11.6 Å². The topological polar surface area (TPSA) is 177 Å². The summed E-state index contributed by atoms with van der Waals surface area (Å²) in [5.41, 5.74) is 12.6. The monoisotopic (exact) mass is 560 g/mol. The second-order valence-corrected chi connectivity index (χ2v) is 10.9. The summed E-state index contributed by atoms with van der Waals surface area (Å²) in [6.45, 7) is 4.23. The Hall–Kier alpha value is -4.26. The van der Waals surface area contributed by atoms with Gasteiger partial charge >= 0.3 is 5.97 Å². The second kappa shape index (κ2) is 9.98. The number of hydrogen-bond donors (Lipinski definition) is 4. The Bertz CT molecular complexity index is 1710. The summed E-state index contributed by atoms with van der Waals surface area (Å²) in [5, 5.41) is 22.2. The molecule has 1 fully saturated rings. The van der Waals surface area contributed by atoms with E-state index in [1.807, 2.05) is 19.9 Å². The predicted octanol–water partition coefficient (Wildman–Crippen LogP) is 0.591. The molecule has 214 valence electrons. The zero-order valence-corrected chi connectivity index (χ0v) is 22.9. The molecule has 41 heavy (non-hydrogen) atoms. The zero-order valence-electron chi connectivity index (χ0n) is 22.9. The molecule has 2 atom stereocenters. The summed E-state index contributed by atoms with van der Waals surface area (Å²) in [6.07, 6.45) is 1.53. The maximum absolute atomic E-state index is 13.5.